The molecule has 0 aliphatic carbocycles. The molecule has 1 amide bonds. The molecule has 0 unspecified atom stereocenters. The lowest BCUT2D eigenvalue weighted by Crippen LogP contribution is -2.43. The summed E-state index contributed by atoms with van der Waals surface area (Å²) in [6.45, 7) is 8.00. The highest BCUT2D eigenvalue weighted by atomic mass is 16.5. The average molecular weight is 453 g/mol. The van der Waals surface area contributed by atoms with Crippen LogP contribution in [0.5, 0.6) is 5.75 Å². The predicted octanol–water partition coefficient (Wildman–Crippen LogP) is 2.39. The van der Waals surface area contributed by atoms with Crippen LogP contribution < -0.4 is 21.3 Å². The van der Waals surface area contributed by atoms with Crippen LogP contribution in [0, 0.1) is 0 Å². The second-order valence-electron chi connectivity index (χ2n) is 7.75. The van der Waals surface area contributed by atoms with Crippen LogP contribution in [0.4, 0.5) is 0 Å². The second-order valence-corrected chi connectivity index (χ2v) is 7.75. The fourth-order valence-corrected chi connectivity index (χ4v) is 4.18. The SMILES string of the molecule is CCN(CC)[C@H](CNC(=O)Cn1c(=O)n(CC)c(=O)c2ccccc21)c1cccc(OC)c1. The van der Waals surface area contributed by atoms with Crippen LogP contribution in [-0.2, 0) is 17.9 Å². The van der Waals surface area contributed by atoms with Gasteiger partial charge in [-0.2, -0.15) is 0 Å². The van der Waals surface area contributed by atoms with E-state index in [4.69, 9.17) is 4.74 Å². The Morgan fingerprint density at radius 1 is 1.03 bits per heavy atom. The van der Waals surface area contributed by atoms with Crippen LogP contribution >= 0.6 is 0 Å². The molecule has 0 fully saturated rings. The van der Waals surface area contributed by atoms with E-state index in [9.17, 15) is 14.4 Å². The number of aromatic nitrogens is 2. The van der Waals surface area contributed by atoms with Crippen LogP contribution in [0.15, 0.2) is 58.1 Å². The molecule has 0 aliphatic rings. The van der Waals surface area contributed by atoms with Crippen LogP contribution in [0.1, 0.15) is 32.4 Å². The number of carbonyl (C=O) groups is 1. The molecule has 0 radical (unpaired) electrons. The Morgan fingerprint density at radius 2 is 1.76 bits per heavy atom. The molecular weight excluding hydrogens is 420 g/mol. The summed E-state index contributed by atoms with van der Waals surface area (Å²) < 4.78 is 7.90. The standard InChI is InChI=1S/C25H32N4O4/c1-5-27(6-2)22(18-11-10-12-19(15-18)33-4)16-26-23(30)17-29-21-14-9-8-13-20(21)24(31)28(7-3)25(29)32/h8-15,22H,5-7,16-17H2,1-4H3,(H,26,30)/t22-/m1/s1. The van der Waals surface area contributed by atoms with Crippen molar-refractivity contribution in [3.63, 3.8) is 0 Å². The summed E-state index contributed by atoms with van der Waals surface area (Å²) >= 11 is 0. The van der Waals surface area contributed by atoms with E-state index in [1.165, 1.54) is 4.57 Å². The van der Waals surface area contributed by atoms with E-state index in [1.807, 2.05) is 24.3 Å². The van der Waals surface area contributed by atoms with Crippen molar-refractivity contribution in [1.29, 1.82) is 0 Å². The van der Waals surface area contributed by atoms with Crippen LogP contribution in [0.25, 0.3) is 10.9 Å². The first kappa shape index (κ1) is 24.3. The molecule has 1 aromatic heterocycles. The zero-order chi connectivity index (χ0) is 24.0. The smallest absolute Gasteiger partial charge is 0.331 e. The first-order chi connectivity index (χ1) is 15.9. The van der Waals surface area contributed by atoms with Gasteiger partial charge < -0.3 is 10.1 Å². The van der Waals surface area contributed by atoms with E-state index in [0.29, 0.717) is 17.4 Å². The monoisotopic (exact) mass is 452 g/mol. The summed E-state index contributed by atoms with van der Waals surface area (Å²) in [6, 6.07) is 14.7. The maximum atomic E-state index is 12.9. The Kier molecular flexibility index (Phi) is 8.06. The number of fused-ring (bicyclic) bond motifs is 1. The molecule has 1 atom stereocenters. The van der Waals surface area contributed by atoms with Gasteiger partial charge >= 0.3 is 5.69 Å². The summed E-state index contributed by atoms with van der Waals surface area (Å²) in [5.41, 5.74) is 0.680. The Bertz CT molecular complexity index is 1230. The van der Waals surface area contributed by atoms with Crippen molar-refractivity contribution in [2.24, 2.45) is 0 Å². The second kappa shape index (κ2) is 11.0. The van der Waals surface area contributed by atoms with E-state index in [2.05, 4.69) is 24.1 Å². The van der Waals surface area contributed by atoms with Gasteiger partial charge in [0.1, 0.15) is 12.3 Å². The van der Waals surface area contributed by atoms with Gasteiger partial charge in [0.25, 0.3) is 5.56 Å². The van der Waals surface area contributed by atoms with Crippen LogP contribution in [-0.4, -0.2) is 46.7 Å². The Hall–Kier alpha value is -3.39. The van der Waals surface area contributed by atoms with Gasteiger partial charge in [-0.3, -0.25) is 23.6 Å². The van der Waals surface area contributed by atoms with Gasteiger partial charge in [-0.25, -0.2) is 4.79 Å². The quantitative estimate of drug-likeness (QED) is 0.511. The molecule has 33 heavy (non-hydrogen) atoms. The van der Waals surface area contributed by atoms with Gasteiger partial charge in [-0.15, -0.1) is 0 Å². The number of para-hydroxylation sites is 1. The van der Waals surface area contributed by atoms with E-state index in [-0.39, 0.29) is 30.6 Å². The molecule has 8 nitrogen and oxygen atoms in total. The third kappa shape index (κ3) is 5.17. The zero-order valence-corrected chi connectivity index (χ0v) is 19.7. The number of nitrogens with one attached hydrogen (secondary N) is 1. The molecule has 0 aliphatic heterocycles. The summed E-state index contributed by atoms with van der Waals surface area (Å²) in [6.07, 6.45) is 0. The van der Waals surface area contributed by atoms with E-state index < -0.39 is 5.69 Å². The summed E-state index contributed by atoms with van der Waals surface area (Å²) in [5, 5.41) is 3.41. The molecule has 3 aromatic rings. The zero-order valence-electron chi connectivity index (χ0n) is 19.7. The first-order valence-electron chi connectivity index (χ1n) is 11.3. The molecule has 0 spiro atoms. The number of methoxy groups -OCH3 is 1. The van der Waals surface area contributed by atoms with Gasteiger partial charge in [0.05, 0.1) is 24.1 Å². The number of rotatable bonds is 10. The van der Waals surface area contributed by atoms with Crippen molar-refractivity contribution in [2.75, 3.05) is 26.7 Å². The highest BCUT2D eigenvalue weighted by molar-refractivity contribution is 5.81. The van der Waals surface area contributed by atoms with Gasteiger partial charge in [0.15, 0.2) is 0 Å². The van der Waals surface area contributed by atoms with Crippen molar-refractivity contribution >= 4 is 16.8 Å². The van der Waals surface area contributed by atoms with Gasteiger partial charge in [-0.1, -0.05) is 38.1 Å². The number of hydrogen-bond acceptors (Lipinski definition) is 5. The molecule has 0 saturated heterocycles. The van der Waals surface area contributed by atoms with Crippen LogP contribution in [0.3, 0.4) is 0 Å². The summed E-state index contributed by atoms with van der Waals surface area (Å²) in [4.78, 5) is 40.7. The van der Waals surface area contributed by atoms with Crippen molar-refractivity contribution in [3.8, 4) is 5.75 Å². The lowest BCUT2D eigenvalue weighted by molar-refractivity contribution is -0.121. The Morgan fingerprint density at radius 3 is 2.42 bits per heavy atom. The number of amides is 1. The van der Waals surface area contributed by atoms with Gasteiger partial charge in [-0.05, 0) is 49.8 Å². The minimum absolute atomic E-state index is 0.0443. The van der Waals surface area contributed by atoms with Crippen LogP contribution in [0.2, 0.25) is 0 Å². The van der Waals surface area contributed by atoms with Crippen molar-refractivity contribution < 1.29 is 9.53 Å². The first-order valence-corrected chi connectivity index (χ1v) is 11.3. The molecule has 2 aromatic carbocycles. The van der Waals surface area contributed by atoms with E-state index >= 15 is 0 Å². The molecule has 1 N–H and O–H groups in total. The number of hydrogen-bond donors (Lipinski definition) is 1. The predicted molar refractivity (Wildman–Crippen MR) is 130 cm³/mol. The molecule has 3 rings (SSSR count). The van der Waals surface area contributed by atoms with E-state index in [0.717, 1.165) is 29.0 Å². The highest BCUT2D eigenvalue weighted by Gasteiger charge is 2.20. The summed E-state index contributed by atoms with van der Waals surface area (Å²) in [5.74, 6) is 0.472. The maximum Gasteiger partial charge on any atom is 0.331 e. The number of nitrogens with zero attached hydrogens (tertiary/aromatic N) is 3. The molecule has 0 saturated carbocycles. The minimum Gasteiger partial charge on any atom is -0.497 e. The van der Waals surface area contributed by atoms with Crippen molar-refractivity contribution in [1.82, 2.24) is 19.4 Å². The Balaban J connectivity index is 1.87. The number of likely N-dealkylation sites (N-methyl/N-ethyl adjacent to an activating group) is 1. The lowest BCUT2D eigenvalue weighted by atomic mass is 10.0. The third-order valence-corrected chi connectivity index (χ3v) is 5.97. The fourth-order valence-electron chi connectivity index (χ4n) is 4.18. The molecule has 8 heteroatoms. The highest BCUT2D eigenvalue weighted by Crippen LogP contribution is 2.23. The molecule has 176 valence electrons. The number of benzene rings is 2. The normalized spacial score (nSPS) is 12.2. The third-order valence-electron chi connectivity index (χ3n) is 5.97. The van der Waals surface area contributed by atoms with Gasteiger partial charge in [0.2, 0.25) is 5.91 Å². The molecule has 0 bridgehead atoms. The van der Waals surface area contributed by atoms with Crippen molar-refractivity contribution in [3.05, 3.63) is 74.9 Å². The minimum atomic E-state index is -0.482. The lowest BCUT2D eigenvalue weighted by Gasteiger charge is -2.30. The van der Waals surface area contributed by atoms with Crippen molar-refractivity contribution in [2.45, 2.75) is 39.9 Å². The molecular formula is C25H32N4O4. The van der Waals surface area contributed by atoms with Gasteiger partial charge in [0, 0.05) is 13.1 Å². The number of ether oxygens (including phenoxy) is 1. The summed E-state index contributed by atoms with van der Waals surface area (Å²) in [7, 11) is 1.63. The number of carbonyl (C=O) groups excluding carboxylic acids is 1. The average Bonchev–Trinajstić information content (AvgIpc) is 2.84. The maximum absolute atomic E-state index is 12.9. The Labute approximate surface area is 193 Å². The topological polar surface area (TPSA) is 85.6 Å². The molecule has 1 heterocycles. The fraction of sp³-hybridized carbons (Fsp3) is 0.400. The largest absolute Gasteiger partial charge is 0.497 e. The van der Waals surface area contributed by atoms with E-state index in [1.54, 1.807) is 38.3 Å².